The molecule has 3 aromatic heterocycles. The van der Waals surface area contributed by atoms with Crippen molar-refractivity contribution in [1.29, 1.82) is 0 Å². The van der Waals surface area contributed by atoms with Crippen LogP contribution in [0.4, 0.5) is 5.69 Å². The first-order valence-electron chi connectivity index (χ1n) is 12.4. The van der Waals surface area contributed by atoms with E-state index in [9.17, 15) is 4.79 Å². The largest absolute Gasteiger partial charge is 0.481 e. The first-order valence-corrected chi connectivity index (χ1v) is 13.6. The summed E-state index contributed by atoms with van der Waals surface area (Å²) in [4.78, 5) is 26.6. The number of aromatic nitrogens is 3. The Morgan fingerprint density at radius 2 is 1.76 bits per heavy atom. The number of benzene rings is 2. The molecule has 4 heterocycles. The van der Waals surface area contributed by atoms with Crippen molar-refractivity contribution >= 4 is 34.3 Å². The van der Waals surface area contributed by atoms with Gasteiger partial charge in [0.25, 0.3) is 0 Å². The Balaban J connectivity index is 1.39. The minimum absolute atomic E-state index is 0.192. The van der Waals surface area contributed by atoms with Crippen molar-refractivity contribution in [3.8, 4) is 16.5 Å². The molecule has 0 bridgehead atoms. The minimum Gasteiger partial charge on any atom is -0.481 e. The summed E-state index contributed by atoms with van der Waals surface area (Å²) in [5.41, 5.74) is 3.79. The second kappa shape index (κ2) is 10.9. The van der Waals surface area contributed by atoms with Gasteiger partial charge in [-0.25, -0.2) is 9.97 Å². The molecule has 9 heteroatoms. The number of anilines is 1. The number of hydrogen-bond donors (Lipinski definition) is 0. The quantitative estimate of drug-likeness (QED) is 0.270. The molecule has 6 rings (SSSR count). The number of halogens is 1. The normalized spacial score (nSPS) is 13.7. The number of fused-ring (bicyclic) bond motifs is 1. The van der Waals surface area contributed by atoms with Crippen LogP contribution in [0.15, 0.2) is 83.9 Å². The van der Waals surface area contributed by atoms with E-state index in [0.29, 0.717) is 41.0 Å². The van der Waals surface area contributed by atoms with Crippen molar-refractivity contribution in [2.45, 2.75) is 13.0 Å². The zero-order valence-corrected chi connectivity index (χ0v) is 22.1. The zero-order valence-electron chi connectivity index (χ0n) is 20.5. The van der Waals surface area contributed by atoms with Gasteiger partial charge in [-0.2, -0.15) is 0 Å². The Morgan fingerprint density at radius 3 is 2.55 bits per heavy atom. The lowest BCUT2D eigenvalue weighted by Crippen LogP contribution is -2.36. The summed E-state index contributed by atoms with van der Waals surface area (Å²) in [5.74, 6) is 0.192. The van der Waals surface area contributed by atoms with Crippen LogP contribution >= 0.6 is 22.9 Å². The van der Waals surface area contributed by atoms with Crippen LogP contribution in [0.25, 0.3) is 16.3 Å². The van der Waals surface area contributed by atoms with E-state index in [1.54, 1.807) is 4.40 Å². The smallest absolute Gasteiger partial charge is 0.301 e. The van der Waals surface area contributed by atoms with E-state index in [1.807, 2.05) is 79.1 Å². The highest BCUT2D eigenvalue weighted by atomic mass is 35.5. The third kappa shape index (κ3) is 5.29. The number of ether oxygens (including phenoxy) is 2. The summed E-state index contributed by atoms with van der Waals surface area (Å²) in [6.45, 7) is 3.14. The number of nitrogens with zero attached hydrogens (tertiary/aromatic N) is 4. The SMILES string of the molecule is O=c1c(OCc2ccccc2)c(-c2ncc(Cc3ccc(Cl)cc3)s2)nc2ccc(N3CCOCC3)cn12. The third-order valence-electron chi connectivity index (χ3n) is 6.42. The number of thiazole rings is 1. The van der Waals surface area contributed by atoms with E-state index in [4.69, 9.17) is 26.1 Å². The first-order chi connectivity index (χ1) is 18.6. The number of pyridine rings is 1. The lowest BCUT2D eigenvalue weighted by molar-refractivity contribution is 0.122. The molecule has 192 valence electrons. The minimum atomic E-state index is -0.259. The summed E-state index contributed by atoms with van der Waals surface area (Å²) < 4.78 is 13.2. The molecule has 0 atom stereocenters. The zero-order chi connectivity index (χ0) is 25.9. The molecule has 0 unspecified atom stereocenters. The van der Waals surface area contributed by atoms with Crippen LogP contribution in [0.1, 0.15) is 16.0 Å². The van der Waals surface area contributed by atoms with Gasteiger partial charge in [-0.1, -0.05) is 54.1 Å². The second-order valence-electron chi connectivity index (χ2n) is 9.02. The van der Waals surface area contributed by atoms with Gasteiger partial charge < -0.3 is 14.4 Å². The molecule has 0 spiro atoms. The Kier molecular flexibility index (Phi) is 7.09. The molecular formula is C29H25ClN4O3S. The maximum absolute atomic E-state index is 13.8. The van der Waals surface area contributed by atoms with Crippen molar-refractivity contribution in [1.82, 2.24) is 14.4 Å². The van der Waals surface area contributed by atoms with Crippen molar-refractivity contribution < 1.29 is 9.47 Å². The highest BCUT2D eigenvalue weighted by molar-refractivity contribution is 7.15. The molecule has 1 aliphatic rings. The van der Waals surface area contributed by atoms with Gasteiger partial charge >= 0.3 is 5.56 Å². The summed E-state index contributed by atoms with van der Waals surface area (Å²) in [6.07, 6.45) is 4.38. The van der Waals surface area contributed by atoms with Gasteiger partial charge in [0.05, 0.1) is 18.9 Å². The molecular weight excluding hydrogens is 520 g/mol. The fourth-order valence-electron chi connectivity index (χ4n) is 4.43. The van der Waals surface area contributed by atoms with Gasteiger partial charge in [0, 0.05) is 41.8 Å². The summed E-state index contributed by atoms with van der Waals surface area (Å²) >= 11 is 7.54. The summed E-state index contributed by atoms with van der Waals surface area (Å²) in [5, 5.41) is 1.35. The number of morpholine rings is 1. The van der Waals surface area contributed by atoms with Gasteiger partial charge in [0.2, 0.25) is 5.75 Å². The van der Waals surface area contributed by atoms with Crippen LogP contribution in [0, 0.1) is 0 Å². The predicted octanol–water partition coefficient (Wildman–Crippen LogP) is 5.48. The van der Waals surface area contributed by atoms with E-state index in [2.05, 4.69) is 9.88 Å². The van der Waals surface area contributed by atoms with Gasteiger partial charge in [-0.15, -0.1) is 11.3 Å². The maximum Gasteiger partial charge on any atom is 0.301 e. The van der Waals surface area contributed by atoms with Crippen molar-refractivity contribution in [3.63, 3.8) is 0 Å². The van der Waals surface area contributed by atoms with E-state index in [0.717, 1.165) is 34.8 Å². The van der Waals surface area contributed by atoms with Crippen LogP contribution in [-0.2, 0) is 17.8 Å². The van der Waals surface area contributed by atoms with Gasteiger partial charge in [-0.3, -0.25) is 9.20 Å². The molecule has 0 amide bonds. The highest BCUT2D eigenvalue weighted by Gasteiger charge is 2.21. The fraction of sp³-hybridized carbons (Fsp3) is 0.207. The number of rotatable bonds is 7. The van der Waals surface area contributed by atoms with Gasteiger partial charge in [0.1, 0.15) is 23.0 Å². The average molecular weight is 545 g/mol. The Hall–Kier alpha value is -3.72. The summed E-state index contributed by atoms with van der Waals surface area (Å²) in [7, 11) is 0. The van der Waals surface area contributed by atoms with Crippen LogP contribution in [0.3, 0.4) is 0 Å². The number of hydrogen-bond acceptors (Lipinski definition) is 7. The third-order valence-corrected chi connectivity index (χ3v) is 7.67. The molecule has 0 aliphatic carbocycles. The van der Waals surface area contributed by atoms with E-state index < -0.39 is 0 Å². The fourth-order valence-corrected chi connectivity index (χ4v) is 5.49. The monoisotopic (exact) mass is 544 g/mol. The molecule has 38 heavy (non-hydrogen) atoms. The lowest BCUT2D eigenvalue weighted by atomic mass is 10.1. The molecule has 0 radical (unpaired) electrons. The maximum atomic E-state index is 13.8. The molecule has 2 aromatic carbocycles. The molecule has 7 nitrogen and oxygen atoms in total. The van der Waals surface area contributed by atoms with Gasteiger partial charge in [0.15, 0.2) is 0 Å². The topological polar surface area (TPSA) is 69.0 Å². The van der Waals surface area contributed by atoms with Crippen LogP contribution in [0.5, 0.6) is 5.75 Å². The predicted molar refractivity (Wildman–Crippen MR) is 151 cm³/mol. The average Bonchev–Trinajstić information content (AvgIpc) is 3.43. The Labute approximate surface area is 228 Å². The van der Waals surface area contributed by atoms with Crippen molar-refractivity contribution in [2.75, 3.05) is 31.2 Å². The van der Waals surface area contributed by atoms with Crippen molar-refractivity contribution in [3.05, 3.63) is 111 Å². The first kappa shape index (κ1) is 24.6. The molecule has 1 saturated heterocycles. The Bertz CT molecular complexity index is 1610. The standard InChI is InChI=1S/C29H25ClN4O3S/c30-22-8-6-20(7-9-22)16-24-17-31-28(38-24)26-27(37-19-21-4-2-1-3-5-21)29(35)34-18-23(10-11-25(34)32-26)33-12-14-36-15-13-33/h1-11,17-18H,12-16,19H2. The Morgan fingerprint density at radius 1 is 0.974 bits per heavy atom. The molecule has 5 aromatic rings. The van der Waals surface area contributed by atoms with Gasteiger partial charge in [-0.05, 0) is 35.4 Å². The van der Waals surface area contributed by atoms with E-state index in [1.165, 1.54) is 11.3 Å². The van der Waals surface area contributed by atoms with Crippen LogP contribution < -0.4 is 15.2 Å². The summed E-state index contributed by atoms with van der Waals surface area (Å²) in [6, 6.07) is 21.4. The molecule has 0 N–H and O–H groups in total. The lowest BCUT2D eigenvalue weighted by Gasteiger charge is -2.28. The van der Waals surface area contributed by atoms with E-state index in [-0.39, 0.29) is 17.9 Å². The molecule has 0 saturated carbocycles. The van der Waals surface area contributed by atoms with E-state index >= 15 is 0 Å². The molecule has 1 aliphatic heterocycles. The van der Waals surface area contributed by atoms with Crippen LogP contribution in [0.2, 0.25) is 5.02 Å². The second-order valence-corrected chi connectivity index (χ2v) is 10.6. The highest BCUT2D eigenvalue weighted by Crippen LogP contribution is 2.32. The van der Waals surface area contributed by atoms with Crippen LogP contribution in [-0.4, -0.2) is 40.7 Å². The van der Waals surface area contributed by atoms with Crippen molar-refractivity contribution in [2.24, 2.45) is 0 Å². The molecule has 1 fully saturated rings.